The molecule has 0 spiro atoms. The van der Waals surface area contributed by atoms with Crippen LogP contribution in [0.5, 0.6) is 0 Å². The molecule has 1 aliphatic rings. The van der Waals surface area contributed by atoms with Gasteiger partial charge in [0.05, 0.1) is 24.2 Å². The van der Waals surface area contributed by atoms with E-state index in [4.69, 9.17) is 9.84 Å². The number of hydrogen-bond acceptors (Lipinski definition) is 4. The van der Waals surface area contributed by atoms with E-state index in [0.29, 0.717) is 6.61 Å². The van der Waals surface area contributed by atoms with Gasteiger partial charge in [-0.2, -0.15) is 5.10 Å². The normalized spacial score (nSPS) is 17.3. The zero-order valence-corrected chi connectivity index (χ0v) is 14.0. The monoisotopic (exact) mass is 315 g/mol. The van der Waals surface area contributed by atoms with Gasteiger partial charge in [0.15, 0.2) is 0 Å². The minimum absolute atomic E-state index is 0.212. The number of benzene rings is 1. The largest absolute Gasteiger partial charge is 0.466 e. The van der Waals surface area contributed by atoms with Crippen LogP contribution < -0.4 is 5.32 Å². The second-order valence-corrected chi connectivity index (χ2v) is 6.66. The van der Waals surface area contributed by atoms with Crippen LogP contribution in [0.4, 0.5) is 0 Å². The fourth-order valence-electron chi connectivity index (χ4n) is 3.35. The summed E-state index contributed by atoms with van der Waals surface area (Å²) in [5, 5.41) is 9.22. The van der Waals surface area contributed by atoms with Crippen LogP contribution in [0.25, 0.3) is 10.9 Å². The highest BCUT2D eigenvalue weighted by atomic mass is 16.5. The molecule has 124 valence electrons. The van der Waals surface area contributed by atoms with Gasteiger partial charge in [-0.3, -0.25) is 9.48 Å². The fraction of sp³-hybridized carbons (Fsp3) is 0.556. The number of piperidine rings is 1. The Labute approximate surface area is 137 Å². The Morgan fingerprint density at radius 2 is 2.09 bits per heavy atom. The van der Waals surface area contributed by atoms with Crippen molar-refractivity contribution in [3.05, 3.63) is 30.0 Å². The Morgan fingerprint density at radius 3 is 2.83 bits per heavy atom. The Hall–Kier alpha value is -1.88. The zero-order valence-electron chi connectivity index (χ0n) is 14.0. The Kier molecular flexibility index (Phi) is 4.66. The summed E-state index contributed by atoms with van der Waals surface area (Å²) in [6, 6.07) is 8.15. The van der Waals surface area contributed by atoms with E-state index in [-0.39, 0.29) is 17.8 Å². The second-order valence-electron chi connectivity index (χ2n) is 6.66. The first-order valence-corrected chi connectivity index (χ1v) is 8.42. The van der Waals surface area contributed by atoms with E-state index in [1.165, 1.54) is 0 Å². The lowest BCUT2D eigenvalue weighted by molar-refractivity contribution is -0.142. The first kappa shape index (κ1) is 16.0. The topological polar surface area (TPSA) is 56.1 Å². The molecule has 23 heavy (non-hydrogen) atoms. The minimum atomic E-state index is -0.212. The molecule has 5 heteroatoms. The molecule has 0 bridgehead atoms. The Morgan fingerprint density at radius 1 is 1.35 bits per heavy atom. The zero-order chi connectivity index (χ0) is 16.3. The van der Waals surface area contributed by atoms with Gasteiger partial charge in [0.25, 0.3) is 0 Å². The molecular formula is C18H25N3O2. The molecule has 0 radical (unpaired) electrons. The van der Waals surface area contributed by atoms with Crippen molar-refractivity contribution >= 4 is 16.9 Å². The van der Waals surface area contributed by atoms with Crippen molar-refractivity contribution in [2.45, 2.75) is 39.7 Å². The molecule has 5 nitrogen and oxygen atoms in total. The van der Waals surface area contributed by atoms with Crippen LogP contribution in [-0.4, -0.2) is 35.4 Å². The summed E-state index contributed by atoms with van der Waals surface area (Å²) < 4.78 is 7.16. The van der Waals surface area contributed by atoms with Gasteiger partial charge in [-0.15, -0.1) is 0 Å². The highest BCUT2D eigenvalue weighted by molar-refractivity contribution is 5.86. The number of hydrogen-bond donors (Lipinski definition) is 1. The third kappa shape index (κ3) is 3.55. The molecule has 0 amide bonds. The SMILES string of the molecule is CCOC(=O)Cc1nn(CC2(C)CCNCC2)c2ccccc12. The van der Waals surface area contributed by atoms with Gasteiger partial charge in [-0.05, 0) is 44.3 Å². The molecule has 2 aromatic rings. The number of nitrogens with one attached hydrogen (secondary N) is 1. The van der Waals surface area contributed by atoms with Crippen LogP contribution in [0, 0.1) is 5.41 Å². The number of carbonyl (C=O) groups excluding carboxylic acids is 1. The summed E-state index contributed by atoms with van der Waals surface area (Å²) in [6.07, 6.45) is 2.53. The molecular weight excluding hydrogens is 290 g/mol. The molecule has 2 heterocycles. The van der Waals surface area contributed by atoms with Crippen molar-refractivity contribution in [1.82, 2.24) is 15.1 Å². The summed E-state index contributed by atoms with van der Waals surface area (Å²) in [7, 11) is 0. The van der Waals surface area contributed by atoms with Gasteiger partial charge in [-0.25, -0.2) is 0 Å². The highest BCUT2D eigenvalue weighted by Crippen LogP contribution is 2.31. The standard InChI is InChI=1S/C18H25N3O2/c1-3-23-17(22)12-15-14-6-4-5-7-16(14)21(20-15)13-18(2)8-10-19-11-9-18/h4-7,19H,3,8-13H2,1-2H3. The van der Waals surface area contributed by atoms with Crippen molar-refractivity contribution in [3.63, 3.8) is 0 Å². The smallest absolute Gasteiger partial charge is 0.311 e. The number of esters is 1. The van der Waals surface area contributed by atoms with Crippen LogP contribution in [0.2, 0.25) is 0 Å². The summed E-state index contributed by atoms with van der Waals surface area (Å²) in [4.78, 5) is 11.8. The van der Waals surface area contributed by atoms with Gasteiger partial charge in [0, 0.05) is 11.9 Å². The fourth-order valence-corrected chi connectivity index (χ4v) is 3.35. The van der Waals surface area contributed by atoms with E-state index < -0.39 is 0 Å². The van der Waals surface area contributed by atoms with Crippen LogP contribution in [0.1, 0.15) is 32.4 Å². The van der Waals surface area contributed by atoms with E-state index in [0.717, 1.165) is 49.1 Å². The minimum Gasteiger partial charge on any atom is -0.466 e. The van der Waals surface area contributed by atoms with Crippen molar-refractivity contribution in [2.75, 3.05) is 19.7 Å². The first-order valence-electron chi connectivity index (χ1n) is 8.42. The molecule has 0 unspecified atom stereocenters. The molecule has 1 saturated heterocycles. The summed E-state index contributed by atoms with van der Waals surface area (Å²) >= 11 is 0. The number of rotatable bonds is 5. The number of carbonyl (C=O) groups is 1. The number of fused-ring (bicyclic) bond motifs is 1. The van der Waals surface area contributed by atoms with Crippen LogP contribution in [0.15, 0.2) is 24.3 Å². The summed E-state index contributed by atoms with van der Waals surface area (Å²) in [6.45, 7) is 7.57. The molecule has 0 aliphatic carbocycles. The Balaban J connectivity index is 1.89. The van der Waals surface area contributed by atoms with Gasteiger partial charge < -0.3 is 10.1 Å². The quantitative estimate of drug-likeness (QED) is 0.862. The maximum Gasteiger partial charge on any atom is 0.311 e. The van der Waals surface area contributed by atoms with Gasteiger partial charge >= 0.3 is 5.97 Å². The summed E-state index contributed by atoms with van der Waals surface area (Å²) in [5.41, 5.74) is 2.17. The molecule has 1 aromatic heterocycles. The maximum atomic E-state index is 11.8. The van der Waals surface area contributed by atoms with E-state index in [2.05, 4.69) is 23.0 Å². The highest BCUT2D eigenvalue weighted by Gasteiger charge is 2.28. The maximum absolute atomic E-state index is 11.8. The lowest BCUT2D eigenvalue weighted by Gasteiger charge is -2.34. The van der Waals surface area contributed by atoms with E-state index >= 15 is 0 Å². The Bertz CT molecular complexity index is 687. The number of nitrogens with zero attached hydrogens (tertiary/aromatic N) is 2. The molecule has 1 N–H and O–H groups in total. The van der Waals surface area contributed by atoms with E-state index in [1.54, 1.807) is 0 Å². The van der Waals surface area contributed by atoms with Crippen molar-refractivity contribution in [2.24, 2.45) is 5.41 Å². The van der Waals surface area contributed by atoms with Gasteiger partial charge in [-0.1, -0.05) is 25.1 Å². The third-order valence-corrected chi connectivity index (χ3v) is 4.69. The molecule has 0 atom stereocenters. The van der Waals surface area contributed by atoms with Crippen LogP contribution in [0.3, 0.4) is 0 Å². The van der Waals surface area contributed by atoms with Crippen molar-refractivity contribution < 1.29 is 9.53 Å². The van der Waals surface area contributed by atoms with Crippen molar-refractivity contribution in [1.29, 1.82) is 0 Å². The average Bonchev–Trinajstić information content (AvgIpc) is 2.86. The molecule has 1 aromatic carbocycles. The lowest BCUT2D eigenvalue weighted by Crippen LogP contribution is -2.37. The van der Waals surface area contributed by atoms with Gasteiger partial charge in [0.1, 0.15) is 0 Å². The number of para-hydroxylation sites is 1. The van der Waals surface area contributed by atoms with E-state index in [1.807, 2.05) is 25.1 Å². The van der Waals surface area contributed by atoms with E-state index in [9.17, 15) is 4.79 Å². The molecule has 1 fully saturated rings. The van der Waals surface area contributed by atoms with Crippen LogP contribution in [-0.2, 0) is 22.5 Å². The predicted molar refractivity (Wildman–Crippen MR) is 90.3 cm³/mol. The molecule has 1 aliphatic heterocycles. The number of aromatic nitrogens is 2. The third-order valence-electron chi connectivity index (χ3n) is 4.69. The lowest BCUT2D eigenvalue weighted by atomic mass is 9.81. The molecule has 0 saturated carbocycles. The van der Waals surface area contributed by atoms with Gasteiger partial charge in [0.2, 0.25) is 0 Å². The summed E-state index contributed by atoms with van der Waals surface area (Å²) in [5.74, 6) is -0.212. The number of ether oxygens (including phenoxy) is 1. The average molecular weight is 315 g/mol. The molecule has 3 rings (SSSR count). The second kappa shape index (κ2) is 6.71. The van der Waals surface area contributed by atoms with Crippen LogP contribution >= 0.6 is 0 Å². The first-order chi connectivity index (χ1) is 11.1. The van der Waals surface area contributed by atoms with Crippen molar-refractivity contribution in [3.8, 4) is 0 Å². The predicted octanol–water partition coefficient (Wildman–Crippen LogP) is 2.53.